The zero-order chi connectivity index (χ0) is 21.6. The quantitative estimate of drug-likeness (QED) is 0.492. The van der Waals surface area contributed by atoms with Gasteiger partial charge < -0.3 is 14.8 Å². The monoisotopic (exact) mass is 434 g/mol. The first-order valence-corrected chi connectivity index (χ1v) is 10.6. The normalized spacial score (nSPS) is 10.6. The van der Waals surface area contributed by atoms with Crippen LogP contribution in [0.5, 0.6) is 5.75 Å². The first-order chi connectivity index (χ1) is 13.7. The molecular weight excluding hydrogens is 408 g/mol. The van der Waals surface area contributed by atoms with Gasteiger partial charge in [0.2, 0.25) is 0 Å². The lowest BCUT2D eigenvalue weighted by Crippen LogP contribution is -2.37. The highest BCUT2D eigenvalue weighted by Gasteiger charge is 2.21. The van der Waals surface area contributed by atoms with Crippen molar-refractivity contribution in [3.63, 3.8) is 0 Å². The van der Waals surface area contributed by atoms with Gasteiger partial charge in [0.1, 0.15) is 10.8 Å². The molecule has 6 nitrogen and oxygen atoms in total. The Kier molecular flexibility index (Phi) is 8.16. The summed E-state index contributed by atoms with van der Waals surface area (Å²) in [6.45, 7) is 9.75. The van der Waals surface area contributed by atoms with Crippen LogP contribution in [0.4, 0.5) is 5.00 Å². The van der Waals surface area contributed by atoms with Gasteiger partial charge in [0.05, 0.1) is 12.2 Å². The molecule has 156 valence electrons. The average Bonchev–Trinajstić information content (AvgIpc) is 2.93. The fraction of sp³-hybridized carbons (Fsp3) is 0.381. The molecule has 29 heavy (non-hydrogen) atoms. The third kappa shape index (κ3) is 6.01. The molecule has 0 aliphatic heterocycles. The van der Waals surface area contributed by atoms with E-state index in [1.54, 1.807) is 6.92 Å². The molecule has 0 bridgehead atoms. The third-order valence-electron chi connectivity index (χ3n) is 4.24. The number of carbonyl (C=O) groups excluding carboxylic acids is 2. The molecule has 0 aliphatic rings. The van der Waals surface area contributed by atoms with E-state index in [1.807, 2.05) is 38.1 Å². The predicted octanol–water partition coefficient (Wildman–Crippen LogP) is 4.56. The van der Waals surface area contributed by atoms with Gasteiger partial charge in [-0.1, -0.05) is 32.0 Å². The molecule has 0 saturated heterocycles. The number of benzene rings is 1. The molecule has 2 aromatic rings. The maximum atomic E-state index is 12.2. The third-order valence-corrected chi connectivity index (χ3v) is 5.57. The van der Waals surface area contributed by atoms with Crippen LogP contribution in [0.25, 0.3) is 0 Å². The number of rotatable bonds is 7. The van der Waals surface area contributed by atoms with Crippen molar-refractivity contribution in [2.24, 2.45) is 0 Å². The Morgan fingerprint density at radius 2 is 1.90 bits per heavy atom. The van der Waals surface area contributed by atoms with Crippen molar-refractivity contribution in [2.75, 3.05) is 18.5 Å². The Morgan fingerprint density at radius 3 is 2.55 bits per heavy atom. The van der Waals surface area contributed by atoms with Crippen molar-refractivity contribution >= 4 is 45.5 Å². The maximum Gasteiger partial charge on any atom is 0.341 e. The number of nitrogens with one attached hydrogen (secondary N) is 2. The van der Waals surface area contributed by atoms with Gasteiger partial charge in [-0.3, -0.25) is 10.1 Å². The van der Waals surface area contributed by atoms with Crippen LogP contribution >= 0.6 is 23.6 Å². The van der Waals surface area contributed by atoms with Crippen molar-refractivity contribution < 1.29 is 19.1 Å². The summed E-state index contributed by atoms with van der Waals surface area (Å²) >= 11 is 6.61. The van der Waals surface area contributed by atoms with Gasteiger partial charge in [-0.05, 0) is 56.1 Å². The summed E-state index contributed by atoms with van der Waals surface area (Å²) in [5.41, 5.74) is 2.30. The Morgan fingerprint density at radius 1 is 1.21 bits per heavy atom. The van der Waals surface area contributed by atoms with E-state index >= 15 is 0 Å². The smallest absolute Gasteiger partial charge is 0.341 e. The molecular formula is C21H26N2O4S2. The molecule has 0 saturated carbocycles. The number of anilines is 1. The van der Waals surface area contributed by atoms with Crippen molar-refractivity contribution in [1.29, 1.82) is 0 Å². The molecule has 1 amide bonds. The zero-order valence-corrected chi connectivity index (χ0v) is 18.9. The minimum Gasteiger partial charge on any atom is -0.483 e. The van der Waals surface area contributed by atoms with E-state index in [-0.39, 0.29) is 30.2 Å². The van der Waals surface area contributed by atoms with Crippen LogP contribution in [0, 0.1) is 13.8 Å². The highest BCUT2D eigenvalue weighted by Crippen LogP contribution is 2.33. The fourth-order valence-electron chi connectivity index (χ4n) is 2.69. The van der Waals surface area contributed by atoms with Gasteiger partial charge in [0, 0.05) is 4.88 Å². The lowest BCUT2D eigenvalue weighted by molar-refractivity contribution is -0.121. The van der Waals surface area contributed by atoms with Gasteiger partial charge in [0.25, 0.3) is 5.91 Å². The zero-order valence-electron chi connectivity index (χ0n) is 17.3. The number of carbonyl (C=O) groups is 2. The van der Waals surface area contributed by atoms with Crippen molar-refractivity contribution in [2.45, 2.75) is 40.5 Å². The molecule has 0 aliphatic carbocycles. The van der Waals surface area contributed by atoms with Crippen LogP contribution in [0.1, 0.15) is 53.1 Å². The second kappa shape index (κ2) is 10.4. The van der Waals surface area contributed by atoms with E-state index in [0.29, 0.717) is 16.3 Å². The first kappa shape index (κ1) is 22.8. The van der Waals surface area contributed by atoms with E-state index in [1.165, 1.54) is 11.3 Å². The summed E-state index contributed by atoms with van der Waals surface area (Å²) in [6.07, 6.45) is 0. The molecule has 0 spiro atoms. The lowest BCUT2D eigenvalue weighted by atomic mass is 10.0. The summed E-state index contributed by atoms with van der Waals surface area (Å²) < 4.78 is 10.8. The Labute approximate surface area is 180 Å². The molecule has 2 N–H and O–H groups in total. The van der Waals surface area contributed by atoms with Crippen LogP contribution in [0.15, 0.2) is 24.3 Å². The highest BCUT2D eigenvalue weighted by atomic mass is 32.1. The average molecular weight is 435 g/mol. The van der Waals surface area contributed by atoms with Crippen LogP contribution in [0.3, 0.4) is 0 Å². The summed E-state index contributed by atoms with van der Waals surface area (Å²) in [5, 5.41) is 6.17. The number of para-hydroxylation sites is 1. The Bertz CT molecular complexity index is 906. The van der Waals surface area contributed by atoms with E-state index in [4.69, 9.17) is 21.7 Å². The number of ether oxygens (including phenoxy) is 2. The molecule has 1 aromatic heterocycles. The number of thiophene rings is 1. The van der Waals surface area contributed by atoms with E-state index in [9.17, 15) is 9.59 Å². The fourth-order valence-corrected chi connectivity index (χ4v) is 4.03. The Balaban J connectivity index is 1.99. The topological polar surface area (TPSA) is 76.7 Å². The van der Waals surface area contributed by atoms with Crippen LogP contribution < -0.4 is 15.4 Å². The standard InChI is InChI=1S/C21H26N2O4S2/c1-6-26-20(25)18-13(4)14(5)29-19(18)23-21(28)22-17(24)11-27-16-10-8-7-9-15(16)12(2)3/h7-10,12H,6,11H2,1-5H3,(H2,22,23,24,28). The molecule has 1 heterocycles. The lowest BCUT2D eigenvalue weighted by Gasteiger charge is -2.14. The maximum absolute atomic E-state index is 12.2. The summed E-state index contributed by atoms with van der Waals surface area (Å²) in [4.78, 5) is 25.5. The van der Waals surface area contributed by atoms with Gasteiger partial charge in [-0.2, -0.15) is 0 Å². The molecule has 0 atom stereocenters. The molecule has 0 fully saturated rings. The highest BCUT2D eigenvalue weighted by molar-refractivity contribution is 7.80. The number of esters is 1. The number of thiocarbonyl (C=S) groups is 1. The van der Waals surface area contributed by atoms with Crippen LogP contribution in [0.2, 0.25) is 0 Å². The minimum absolute atomic E-state index is 0.0996. The summed E-state index contributed by atoms with van der Waals surface area (Å²) in [5.74, 6) is 0.151. The van der Waals surface area contributed by atoms with Crippen LogP contribution in [-0.2, 0) is 9.53 Å². The summed E-state index contributed by atoms with van der Waals surface area (Å²) in [7, 11) is 0. The van der Waals surface area contributed by atoms with Crippen LogP contribution in [-0.4, -0.2) is 30.2 Å². The molecule has 0 radical (unpaired) electrons. The van der Waals surface area contributed by atoms with Gasteiger partial charge in [0.15, 0.2) is 11.7 Å². The largest absolute Gasteiger partial charge is 0.483 e. The minimum atomic E-state index is -0.417. The van der Waals surface area contributed by atoms with E-state index < -0.39 is 5.97 Å². The second-order valence-corrected chi connectivity index (χ2v) is 8.32. The number of hydrogen-bond donors (Lipinski definition) is 2. The molecule has 1 aromatic carbocycles. The van der Waals surface area contributed by atoms with Gasteiger partial charge >= 0.3 is 5.97 Å². The molecule has 0 unspecified atom stereocenters. The van der Waals surface area contributed by atoms with Crippen molar-refractivity contribution in [1.82, 2.24) is 5.32 Å². The Hall–Kier alpha value is -2.45. The van der Waals surface area contributed by atoms with E-state index in [0.717, 1.165) is 16.0 Å². The van der Waals surface area contributed by atoms with Gasteiger partial charge in [-0.15, -0.1) is 11.3 Å². The SMILES string of the molecule is CCOC(=O)c1c(NC(=S)NC(=O)COc2ccccc2C(C)C)sc(C)c1C. The summed E-state index contributed by atoms with van der Waals surface area (Å²) in [6, 6.07) is 7.61. The van der Waals surface area contributed by atoms with Gasteiger partial charge in [-0.25, -0.2) is 4.79 Å². The number of aryl methyl sites for hydroxylation is 1. The predicted molar refractivity (Wildman–Crippen MR) is 120 cm³/mol. The van der Waals surface area contributed by atoms with Crippen molar-refractivity contribution in [3.8, 4) is 5.75 Å². The molecule has 8 heteroatoms. The molecule has 2 rings (SSSR count). The number of hydrogen-bond acceptors (Lipinski definition) is 6. The number of amides is 1. The second-order valence-electron chi connectivity index (χ2n) is 6.69. The van der Waals surface area contributed by atoms with Crippen molar-refractivity contribution in [3.05, 3.63) is 45.8 Å². The van der Waals surface area contributed by atoms with E-state index in [2.05, 4.69) is 24.5 Å². The first-order valence-electron chi connectivity index (χ1n) is 9.34.